The molecule has 114 valence electrons. The smallest absolute Gasteiger partial charge is 0.415 e. The van der Waals surface area contributed by atoms with Gasteiger partial charge in [0.05, 0.1) is 13.5 Å². The molecule has 0 aromatic carbocycles. The summed E-state index contributed by atoms with van der Waals surface area (Å²) >= 11 is 0. The number of nitrogens with zero attached hydrogens (tertiary/aromatic N) is 1. The molecule has 0 aliphatic heterocycles. The maximum absolute atomic E-state index is 12.0. The summed E-state index contributed by atoms with van der Waals surface area (Å²) in [6.07, 6.45) is -7.95. The first-order valence-corrected chi connectivity index (χ1v) is 6.47. The second kappa shape index (κ2) is 7.03. The number of halogens is 3. The number of hydrogen-bond donors (Lipinski definition) is 2. The number of esters is 1. The Bertz CT molecular complexity index is 398. The van der Waals surface area contributed by atoms with Crippen molar-refractivity contribution >= 4 is 16.2 Å². The summed E-state index contributed by atoms with van der Waals surface area (Å²) in [5.41, 5.74) is 0. The first-order chi connectivity index (χ1) is 8.50. The van der Waals surface area contributed by atoms with Crippen LogP contribution in [0.3, 0.4) is 0 Å². The van der Waals surface area contributed by atoms with Gasteiger partial charge in [0.2, 0.25) is 0 Å². The van der Waals surface area contributed by atoms with Crippen LogP contribution < -0.4 is 4.72 Å². The van der Waals surface area contributed by atoms with Crippen LogP contribution in [0.1, 0.15) is 6.42 Å². The molecule has 0 radical (unpaired) electrons. The second-order valence-electron chi connectivity index (χ2n) is 3.56. The van der Waals surface area contributed by atoms with E-state index in [1.54, 1.807) is 4.72 Å². The van der Waals surface area contributed by atoms with Crippen molar-refractivity contribution in [3.63, 3.8) is 0 Å². The zero-order valence-corrected chi connectivity index (χ0v) is 11.1. The molecule has 1 atom stereocenters. The van der Waals surface area contributed by atoms with Gasteiger partial charge < -0.3 is 9.84 Å². The zero-order chi connectivity index (χ0) is 15.3. The van der Waals surface area contributed by atoms with Gasteiger partial charge in [0.15, 0.2) is 6.10 Å². The van der Waals surface area contributed by atoms with Gasteiger partial charge in [0, 0.05) is 20.1 Å². The van der Waals surface area contributed by atoms with Crippen LogP contribution in [0.4, 0.5) is 13.2 Å². The van der Waals surface area contributed by atoms with E-state index in [9.17, 15) is 26.4 Å². The van der Waals surface area contributed by atoms with Crippen LogP contribution in [-0.4, -0.2) is 63.3 Å². The Morgan fingerprint density at radius 1 is 1.47 bits per heavy atom. The highest BCUT2D eigenvalue weighted by Gasteiger charge is 2.38. The van der Waals surface area contributed by atoms with E-state index in [4.69, 9.17) is 5.11 Å². The molecule has 19 heavy (non-hydrogen) atoms. The molecule has 0 spiro atoms. The van der Waals surface area contributed by atoms with Gasteiger partial charge in [-0.05, 0) is 0 Å². The average molecular weight is 308 g/mol. The third-order valence-electron chi connectivity index (χ3n) is 2.11. The molecular formula is C8H15F3N2O5S. The zero-order valence-electron chi connectivity index (χ0n) is 10.3. The van der Waals surface area contributed by atoms with Crippen molar-refractivity contribution < 1.29 is 36.2 Å². The Labute approximate surface area is 108 Å². The van der Waals surface area contributed by atoms with E-state index in [-0.39, 0.29) is 13.0 Å². The van der Waals surface area contributed by atoms with Crippen molar-refractivity contribution in [1.29, 1.82) is 0 Å². The number of aliphatic hydroxyl groups excluding tert-OH is 1. The highest BCUT2D eigenvalue weighted by Crippen LogP contribution is 2.19. The average Bonchev–Trinajstić information content (AvgIpc) is 2.31. The Kier molecular flexibility index (Phi) is 6.69. The van der Waals surface area contributed by atoms with E-state index in [1.807, 2.05) is 0 Å². The standard InChI is InChI=1S/C8H15F3N2O5S/c1-13(4-3-7(15)18-2)19(16,17)12-5-6(14)8(9,10)11/h6,12,14H,3-5H2,1-2H3. The Hall–Kier alpha value is -0.910. The first-order valence-electron chi connectivity index (χ1n) is 5.03. The van der Waals surface area contributed by atoms with Crippen molar-refractivity contribution in [1.82, 2.24) is 9.03 Å². The molecule has 0 aromatic rings. The molecule has 0 saturated heterocycles. The monoisotopic (exact) mass is 308 g/mol. The summed E-state index contributed by atoms with van der Waals surface area (Å²) in [6, 6.07) is 0. The highest BCUT2D eigenvalue weighted by atomic mass is 32.2. The van der Waals surface area contributed by atoms with E-state index >= 15 is 0 Å². The van der Waals surface area contributed by atoms with Gasteiger partial charge in [0.25, 0.3) is 10.2 Å². The SMILES string of the molecule is COC(=O)CCN(C)S(=O)(=O)NCC(O)C(F)(F)F. The van der Waals surface area contributed by atoms with Crippen LogP contribution in [0, 0.1) is 0 Å². The summed E-state index contributed by atoms with van der Waals surface area (Å²) in [7, 11) is -2.01. The lowest BCUT2D eigenvalue weighted by Gasteiger charge is -2.19. The van der Waals surface area contributed by atoms with Crippen molar-refractivity contribution in [2.75, 3.05) is 27.2 Å². The number of methoxy groups -OCH3 is 1. The number of rotatable bonds is 7. The Morgan fingerprint density at radius 3 is 2.42 bits per heavy atom. The van der Waals surface area contributed by atoms with Crippen LogP contribution >= 0.6 is 0 Å². The summed E-state index contributed by atoms with van der Waals surface area (Å²) in [4.78, 5) is 10.8. The van der Waals surface area contributed by atoms with Gasteiger partial charge >= 0.3 is 12.1 Å². The van der Waals surface area contributed by atoms with Crippen LogP contribution in [0.2, 0.25) is 0 Å². The predicted molar refractivity (Wildman–Crippen MR) is 58.2 cm³/mol. The lowest BCUT2D eigenvalue weighted by Crippen LogP contribution is -2.45. The van der Waals surface area contributed by atoms with E-state index in [0.29, 0.717) is 4.31 Å². The quantitative estimate of drug-likeness (QED) is 0.603. The van der Waals surface area contributed by atoms with E-state index in [1.165, 1.54) is 0 Å². The van der Waals surface area contributed by atoms with E-state index < -0.39 is 35.0 Å². The van der Waals surface area contributed by atoms with Crippen LogP contribution in [0.15, 0.2) is 0 Å². The normalized spacial score (nSPS) is 14.5. The minimum absolute atomic E-state index is 0.240. The molecule has 0 aliphatic rings. The molecule has 0 heterocycles. The fourth-order valence-electron chi connectivity index (χ4n) is 0.881. The van der Waals surface area contributed by atoms with Gasteiger partial charge in [-0.1, -0.05) is 0 Å². The third-order valence-corrected chi connectivity index (χ3v) is 3.64. The minimum Gasteiger partial charge on any atom is -0.469 e. The van der Waals surface area contributed by atoms with E-state index in [2.05, 4.69) is 4.74 Å². The van der Waals surface area contributed by atoms with E-state index in [0.717, 1.165) is 14.2 Å². The van der Waals surface area contributed by atoms with Crippen molar-refractivity contribution in [2.24, 2.45) is 0 Å². The summed E-state index contributed by atoms with van der Waals surface area (Å²) < 4.78 is 65.3. The van der Waals surface area contributed by atoms with Gasteiger partial charge in [-0.3, -0.25) is 4.79 Å². The van der Waals surface area contributed by atoms with Gasteiger partial charge in [-0.2, -0.15) is 30.6 Å². The maximum Gasteiger partial charge on any atom is 0.415 e. The number of carbonyl (C=O) groups excluding carboxylic acids is 1. The number of aliphatic hydroxyl groups is 1. The summed E-state index contributed by atoms with van der Waals surface area (Å²) in [6.45, 7) is -1.46. The van der Waals surface area contributed by atoms with Crippen molar-refractivity contribution in [3.05, 3.63) is 0 Å². The van der Waals surface area contributed by atoms with Crippen LogP contribution in [-0.2, 0) is 19.7 Å². The molecule has 0 bridgehead atoms. The molecule has 0 fully saturated rings. The minimum atomic E-state index is -4.91. The highest BCUT2D eigenvalue weighted by molar-refractivity contribution is 7.87. The fourth-order valence-corrected chi connectivity index (χ4v) is 1.80. The number of hydrogen-bond acceptors (Lipinski definition) is 5. The van der Waals surface area contributed by atoms with Crippen molar-refractivity contribution in [3.8, 4) is 0 Å². The summed E-state index contributed by atoms with van der Waals surface area (Å²) in [5, 5.41) is 8.64. The fraction of sp³-hybridized carbons (Fsp3) is 0.875. The molecule has 11 heteroatoms. The summed E-state index contributed by atoms with van der Waals surface area (Å²) in [5.74, 6) is -0.655. The lowest BCUT2D eigenvalue weighted by molar-refractivity contribution is -0.200. The molecule has 0 aromatic heterocycles. The number of alkyl halides is 3. The Balaban J connectivity index is 4.35. The molecule has 0 amide bonds. The number of ether oxygens (including phenoxy) is 1. The molecule has 0 rings (SSSR count). The van der Waals surface area contributed by atoms with Gasteiger partial charge in [-0.25, -0.2) is 0 Å². The largest absolute Gasteiger partial charge is 0.469 e. The molecule has 0 aliphatic carbocycles. The lowest BCUT2D eigenvalue weighted by atomic mass is 10.4. The van der Waals surface area contributed by atoms with Gasteiger partial charge in [-0.15, -0.1) is 0 Å². The molecular weight excluding hydrogens is 293 g/mol. The molecule has 1 unspecified atom stereocenters. The predicted octanol–water partition coefficient (Wildman–Crippen LogP) is -0.761. The molecule has 0 saturated carbocycles. The van der Waals surface area contributed by atoms with Crippen LogP contribution in [0.25, 0.3) is 0 Å². The maximum atomic E-state index is 12.0. The molecule has 2 N–H and O–H groups in total. The second-order valence-corrected chi connectivity index (χ2v) is 5.42. The number of carbonyl (C=O) groups is 1. The van der Waals surface area contributed by atoms with Crippen LogP contribution in [0.5, 0.6) is 0 Å². The Morgan fingerprint density at radius 2 is 2.00 bits per heavy atom. The molecule has 7 nitrogen and oxygen atoms in total. The number of nitrogens with one attached hydrogen (secondary N) is 1. The topological polar surface area (TPSA) is 95.9 Å². The van der Waals surface area contributed by atoms with Gasteiger partial charge in [0.1, 0.15) is 0 Å². The first kappa shape index (κ1) is 18.1. The van der Waals surface area contributed by atoms with Crippen molar-refractivity contribution in [2.45, 2.75) is 18.7 Å². The third kappa shape index (κ3) is 6.71.